The monoisotopic (exact) mass is 483 g/mol. The first-order valence-electron chi connectivity index (χ1n) is 13.3. The maximum absolute atomic E-state index is 13.9. The molecule has 0 saturated carbocycles. The Bertz CT molecular complexity index is 1230. The summed E-state index contributed by atoms with van der Waals surface area (Å²) in [5.74, 6) is 1.71. The summed E-state index contributed by atoms with van der Waals surface area (Å²) < 4.78 is 6.71. The predicted molar refractivity (Wildman–Crippen MR) is 148 cm³/mol. The van der Waals surface area contributed by atoms with Crippen molar-refractivity contribution in [3.8, 4) is 11.5 Å². The number of carbonyl (C=O) groups is 1. The fourth-order valence-corrected chi connectivity index (χ4v) is 6.19. The maximum Gasteiger partial charge on any atom is 0.255 e. The minimum Gasteiger partial charge on any atom is -0.456 e. The Morgan fingerprint density at radius 2 is 1.25 bits per heavy atom. The molecule has 0 aromatic heterocycles. The first kappa shape index (κ1) is 24.2. The Morgan fingerprint density at radius 1 is 0.750 bits per heavy atom. The Hall–Kier alpha value is -3.47. The van der Waals surface area contributed by atoms with Gasteiger partial charge in [-0.1, -0.05) is 30.3 Å². The lowest BCUT2D eigenvalue weighted by Crippen LogP contribution is -2.50. The van der Waals surface area contributed by atoms with Crippen LogP contribution in [0.1, 0.15) is 68.6 Å². The average molecular weight is 484 g/mol. The Morgan fingerprint density at radius 3 is 1.72 bits per heavy atom. The van der Waals surface area contributed by atoms with Gasteiger partial charge in [-0.05, 0) is 65.3 Å². The Balaban J connectivity index is 1.84. The Labute approximate surface area is 215 Å². The van der Waals surface area contributed by atoms with Gasteiger partial charge < -0.3 is 19.4 Å². The van der Waals surface area contributed by atoms with Crippen molar-refractivity contribution >= 4 is 17.3 Å². The molecule has 5 rings (SSSR count). The molecule has 0 radical (unpaired) electrons. The number of rotatable bonds is 7. The van der Waals surface area contributed by atoms with Gasteiger partial charge in [0, 0.05) is 72.4 Å². The van der Waals surface area contributed by atoms with Crippen LogP contribution in [0.4, 0.5) is 11.4 Å². The van der Waals surface area contributed by atoms with E-state index in [1.165, 1.54) is 0 Å². The molecular weight excluding hydrogens is 446 g/mol. The number of carbonyl (C=O) groups excluding carboxylic acids is 1. The van der Waals surface area contributed by atoms with Gasteiger partial charge in [0.1, 0.15) is 17.0 Å². The molecule has 1 amide bonds. The van der Waals surface area contributed by atoms with Crippen LogP contribution in [-0.4, -0.2) is 43.0 Å². The molecule has 36 heavy (non-hydrogen) atoms. The number of hydrogen-bond acceptors (Lipinski definition) is 4. The number of nitrogens with zero attached hydrogens (tertiary/aromatic N) is 3. The lowest BCUT2D eigenvalue weighted by molar-refractivity contribution is 0.0586. The van der Waals surface area contributed by atoms with Crippen molar-refractivity contribution in [1.82, 2.24) is 4.90 Å². The van der Waals surface area contributed by atoms with Gasteiger partial charge in [-0.25, -0.2) is 0 Å². The number of ether oxygens (including phenoxy) is 1. The van der Waals surface area contributed by atoms with Crippen LogP contribution in [0.15, 0.2) is 60.7 Å². The van der Waals surface area contributed by atoms with Gasteiger partial charge in [-0.3, -0.25) is 4.79 Å². The van der Waals surface area contributed by atoms with E-state index in [1.807, 2.05) is 18.2 Å². The van der Waals surface area contributed by atoms with Gasteiger partial charge in [0.05, 0.1) is 0 Å². The number of amides is 1. The van der Waals surface area contributed by atoms with Gasteiger partial charge in [0.25, 0.3) is 5.91 Å². The van der Waals surface area contributed by atoms with Crippen molar-refractivity contribution in [3.63, 3.8) is 0 Å². The van der Waals surface area contributed by atoms with E-state index in [9.17, 15) is 4.79 Å². The molecule has 0 bridgehead atoms. The van der Waals surface area contributed by atoms with Crippen molar-refractivity contribution in [3.05, 3.63) is 82.9 Å². The zero-order valence-corrected chi connectivity index (χ0v) is 22.3. The maximum atomic E-state index is 13.9. The molecule has 0 saturated heterocycles. The first-order chi connectivity index (χ1) is 17.4. The minimum atomic E-state index is -0.742. The number of benzene rings is 3. The third kappa shape index (κ3) is 3.32. The second-order valence-electron chi connectivity index (χ2n) is 9.83. The molecule has 1 spiro atoms. The lowest BCUT2D eigenvalue weighted by Gasteiger charge is -2.46. The van der Waals surface area contributed by atoms with Crippen LogP contribution in [0.25, 0.3) is 0 Å². The molecule has 3 aromatic rings. The first-order valence-corrected chi connectivity index (χ1v) is 13.3. The highest BCUT2D eigenvalue weighted by Crippen LogP contribution is 2.58. The molecule has 5 nitrogen and oxygen atoms in total. The molecule has 188 valence electrons. The molecule has 0 aliphatic carbocycles. The van der Waals surface area contributed by atoms with Crippen molar-refractivity contribution in [1.29, 1.82) is 0 Å². The van der Waals surface area contributed by atoms with Crippen LogP contribution in [0.3, 0.4) is 0 Å². The molecule has 0 atom stereocenters. The van der Waals surface area contributed by atoms with Crippen molar-refractivity contribution < 1.29 is 9.53 Å². The second-order valence-corrected chi connectivity index (χ2v) is 9.83. The molecular formula is C31H37N3O2. The van der Waals surface area contributed by atoms with Crippen LogP contribution in [-0.2, 0) is 5.54 Å². The average Bonchev–Trinajstić information content (AvgIpc) is 3.15. The van der Waals surface area contributed by atoms with Gasteiger partial charge in [0.2, 0.25) is 0 Å². The summed E-state index contributed by atoms with van der Waals surface area (Å²) in [6.07, 6.45) is 0. The van der Waals surface area contributed by atoms with E-state index >= 15 is 0 Å². The SMILES string of the molecule is CCN(CC)c1ccc2c(c1)Oc1cc(N(CC)CC)ccc1C21c2ccccc2C(=O)N1C(C)C. The molecule has 5 heteroatoms. The molecule has 2 aliphatic heterocycles. The topological polar surface area (TPSA) is 36.0 Å². The van der Waals surface area contributed by atoms with E-state index in [-0.39, 0.29) is 11.9 Å². The van der Waals surface area contributed by atoms with Crippen LogP contribution in [0, 0.1) is 0 Å². The van der Waals surface area contributed by atoms with Crippen molar-refractivity contribution in [2.75, 3.05) is 36.0 Å². The molecule has 0 N–H and O–H groups in total. The molecule has 3 aromatic carbocycles. The predicted octanol–water partition coefficient (Wildman–Crippen LogP) is 6.64. The molecule has 2 heterocycles. The summed E-state index contributed by atoms with van der Waals surface area (Å²) in [6, 6.07) is 21.1. The van der Waals surface area contributed by atoms with Crippen LogP contribution >= 0.6 is 0 Å². The van der Waals surface area contributed by atoms with Crippen molar-refractivity contribution in [2.45, 2.75) is 53.1 Å². The van der Waals surface area contributed by atoms with Gasteiger partial charge >= 0.3 is 0 Å². The van der Waals surface area contributed by atoms with Crippen LogP contribution in [0.5, 0.6) is 11.5 Å². The summed E-state index contributed by atoms with van der Waals surface area (Å²) >= 11 is 0. The molecule has 2 aliphatic rings. The summed E-state index contributed by atoms with van der Waals surface area (Å²) in [4.78, 5) is 20.6. The summed E-state index contributed by atoms with van der Waals surface area (Å²) in [7, 11) is 0. The lowest BCUT2D eigenvalue weighted by atomic mass is 9.74. The smallest absolute Gasteiger partial charge is 0.255 e. The molecule has 0 fully saturated rings. The van der Waals surface area contributed by atoms with E-state index in [0.29, 0.717) is 0 Å². The zero-order chi connectivity index (χ0) is 25.6. The van der Waals surface area contributed by atoms with E-state index < -0.39 is 5.54 Å². The minimum absolute atomic E-state index is 0.00591. The van der Waals surface area contributed by atoms with Crippen LogP contribution < -0.4 is 14.5 Å². The van der Waals surface area contributed by atoms with E-state index in [4.69, 9.17) is 4.74 Å². The fourth-order valence-electron chi connectivity index (χ4n) is 6.19. The number of hydrogen-bond donors (Lipinski definition) is 0. The van der Waals surface area contributed by atoms with Gasteiger partial charge in [-0.2, -0.15) is 0 Å². The van der Waals surface area contributed by atoms with E-state index in [2.05, 4.69) is 98.7 Å². The molecule has 0 unspecified atom stereocenters. The third-order valence-electron chi connectivity index (χ3n) is 7.83. The van der Waals surface area contributed by atoms with E-state index in [0.717, 1.165) is 71.3 Å². The standard InChI is InChI=1S/C31H37N3O2/c1-7-32(8-2)22-15-17-26-28(19-22)36-29-20-23(33(9-3)10-4)16-18-27(29)31(26)25-14-12-11-13-24(25)30(35)34(31)21(5)6/h11-21H,7-10H2,1-6H3. The summed E-state index contributed by atoms with van der Waals surface area (Å²) in [5, 5.41) is 0. The van der Waals surface area contributed by atoms with E-state index in [1.54, 1.807) is 0 Å². The summed E-state index contributed by atoms with van der Waals surface area (Å²) in [6.45, 7) is 16.6. The van der Waals surface area contributed by atoms with Gasteiger partial charge in [0.15, 0.2) is 0 Å². The highest BCUT2D eigenvalue weighted by Gasteiger charge is 2.57. The summed E-state index contributed by atoms with van der Waals surface area (Å²) in [5.41, 5.74) is 5.36. The number of fused-ring (bicyclic) bond motifs is 6. The van der Waals surface area contributed by atoms with Crippen molar-refractivity contribution in [2.24, 2.45) is 0 Å². The highest BCUT2D eigenvalue weighted by atomic mass is 16.5. The fraction of sp³-hybridized carbons (Fsp3) is 0.387. The van der Waals surface area contributed by atoms with Gasteiger partial charge in [-0.15, -0.1) is 0 Å². The second kappa shape index (κ2) is 9.20. The Kier molecular flexibility index (Phi) is 6.19. The third-order valence-corrected chi connectivity index (χ3v) is 7.83. The zero-order valence-electron chi connectivity index (χ0n) is 22.3. The largest absolute Gasteiger partial charge is 0.456 e. The number of anilines is 2. The van der Waals surface area contributed by atoms with Crippen LogP contribution in [0.2, 0.25) is 0 Å². The quantitative estimate of drug-likeness (QED) is 0.377. The normalized spacial score (nSPS) is 15.0. The highest BCUT2D eigenvalue weighted by molar-refractivity contribution is 6.02.